The lowest BCUT2D eigenvalue weighted by Crippen LogP contribution is -2.40. The van der Waals surface area contributed by atoms with E-state index in [1.54, 1.807) is 14.1 Å². The molecule has 0 heterocycles. The topological polar surface area (TPSA) is 83.0 Å². The van der Waals surface area contributed by atoms with E-state index in [-0.39, 0.29) is 10.8 Å². The summed E-state index contributed by atoms with van der Waals surface area (Å²) in [5.41, 5.74) is 0. The van der Waals surface area contributed by atoms with Crippen LogP contribution in [0.1, 0.15) is 40.5 Å². The summed E-state index contributed by atoms with van der Waals surface area (Å²) in [7, 11) is 3.15. The summed E-state index contributed by atoms with van der Waals surface area (Å²) >= 11 is 1.27. The molecule has 7 nitrogen and oxygen atoms in total. The standard InChI is InChI=1S/C13H26N4O3S/c1-7-8-9-20-11(15-12(19)17(5)6)14-10(18)16-21-13(2,3)4/h7-9H2,1-6H3,(H2,14,15,16,18,19). The molecule has 0 aliphatic carbocycles. The van der Waals surface area contributed by atoms with Crippen molar-refractivity contribution in [2.45, 2.75) is 45.3 Å². The summed E-state index contributed by atoms with van der Waals surface area (Å²) in [5, 5.41) is 2.44. The Bertz CT molecular complexity index is 378. The van der Waals surface area contributed by atoms with E-state index in [4.69, 9.17) is 4.74 Å². The van der Waals surface area contributed by atoms with Crippen LogP contribution in [0.5, 0.6) is 0 Å². The molecule has 0 aromatic carbocycles. The van der Waals surface area contributed by atoms with Crippen LogP contribution >= 0.6 is 11.9 Å². The molecular formula is C13H26N4O3S. The van der Waals surface area contributed by atoms with Crippen LogP contribution in [0.4, 0.5) is 9.59 Å². The van der Waals surface area contributed by atoms with Gasteiger partial charge in [-0.15, -0.1) is 4.99 Å². The Hall–Kier alpha value is -1.44. The van der Waals surface area contributed by atoms with Gasteiger partial charge in [0.2, 0.25) is 0 Å². The predicted octanol–water partition coefficient (Wildman–Crippen LogP) is 2.59. The molecule has 8 heteroatoms. The van der Waals surface area contributed by atoms with E-state index >= 15 is 0 Å². The highest BCUT2D eigenvalue weighted by molar-refractivity contribution is 7.99. The van der Waals surface area contributed by atoms with Crippen LogP contribution in [0.2, 0.25) is 0 Å². The lowest BCUT2D eigenvalue weighted by Gasteiger charge is -2.18. The zero-order chi connectivity index (χ0) is 16.5. The highest BCUT2D eigenvalue weighted by Crippen LogP contribution is 2.18. The molecular weight excluding hydrogens is 292 g/mol. The van der Waals surface area contributed by atoms with Crippen molar-refractivity contribution in [3.63, 3.8) is 0 Å². The molecule has 0 saturated carbocycles. The van der Waals surface area contributed by atoms with E-state index in [1.807, 2.05) is 27.7 Å². The Labute approximate surface area is 131 Å². The first kappa shape index (κ1) is 19.6. The third-order valence-corrected chi connectivity index (χ3v) is 2.89. The van der Waals surface area contributed by atoms with Crippen molar-refractivity contribution >= 4 is 30.0 Å². The van der Waals surface area contributed by atoms with Crippen LogP contribution in [0.25, 0.3) is 0 Å². The number of carbonyl (C=O) groups excluding carboxylic acids is 2. The summed E-state index contributed by atoms with van der Waals surface area (Å²) in [6.45, 7) is 8.33. The summed E-state index contributed by atoms with van der Waals surface area (Å²) in [6.07, 6.45) is 1.76. The van der Waals surface area contributed by atoms with E-state index < -0.39 is 12.1 Å². The second kappa shape index (κ2) is 9.49. The molecule has 122 valence electrons. The number of rotatable bonds is 4. The van der Waals surface area contributed by atoms with E-state index in [9.17, 15) is 9.59 Å². The first-order valence-corrected chi connectivity index (χ1v) is 7.65. The number of amides is 4. The molecule has 0 bridgehead atoms. The van der Waals surface area contributed by atoms with Gasteiger partial charge in [0.25, 0.3) is 0 Å². The number of hydrogen-bond acceptors (Lipinski definition) is 4. The molecule has 0 unspecified atom stereocenters. The average molecular weight is 318 g/mol. The lowest BCUT2D eigenvalue weighted by molar-refractivity contribution is 0.223. The van der Waals surface area contributed by atoms with Crippen LogP contribution in [-0.2, 0) is 4.74 Å². The number of hydrogen-bond donors (Lipinski definition) is 2. The number of nitrogens with one attached hydrogen (secondary N) is 2. The smallest absolute Gasteiger partial charge is 0.347 e. The Morgan fingerprint density at radius 3 is 2.38 bits per heavy atom. The van der Waals surface area contributed by atoms with Crippen LogP contribution in [0, 0.1) is 0 Å². The Morgan fingerprint density at radius 2 is 1.90 bits per heavy atom. The quantitative estimate of drug-likeness (QED) is 0.361. The highest BCUT2D eigenvalue weighted by Gasteiger charge is 2.15. The molecule has 0 aliphatic heterocycles. The van der Waals surface area contributed by atoms with Crippen LogP contribution in [0.3, 0.4) is 0 Å². The third kappa shape index (κ3) is 10.9. The minimum atomic E-state index is -0.495. The normalized spacial score (nSPS) is 11.8. The van der Waals surface area contributed by atoms with Crippen molar-refractivity contribution in [2.75, 3.05) is 20.7 Å². The first-order valence-electron chi connectivity index (χ1n) is 6.83. The maximum absolute atomic E-state index is 11.8. The van der Waals surface area contributed by atoms with Crippen molar-refractivity contribution in [3.05, 3.63) is 0 Å². The zero-order valence-corrected chi connectivity index (χ0v) is 14.5. The van der Waals surface area contributed by atoms with Gasteiger partial charge in [-0.05, 0) is 39.1 Å². The maximum Gasteiger partial charge on any atom is 0.347 e. The van der Waals surface area contributed by atoms with Gasteiger partial charge in [-0.3, -0.25) is 10.0 Å². The number of ether oxygens (including phenoxy) is 1. The molecule has 0 aliphatic rings. The summed E-state index contributed by atoms with van der Waals surface area (Å²) in [5.74, 6) is 0. The van der Waals surface area contributed by atoms with Crippen LogP contribution in [-0.4, -0.2) is 48.4 Å². The van der Waals surface area contributed by atoms with Gasteiger partial charge in [-0.1, -0.05) is 13.3 Å². The van der Waals surface area contributed by atoms with Gasteiger partial charge in [-0.2, -0.15) is 0 Å². The number of carbonyl (C=O) groups is 2. The molecule has 0 radical (unpaired) electrons. The molecule has 0 aromatic rings. The number of aliphatic imine (C=N–C) groups is 1. The molecule has 4 amide bonds. The van der Waals surface area contributed by atoms with E-state index in [1.165, 1.54) is 16.8 Å². The number of urea groups is 2. The SMILES string of the molecule is CCCCOC(=NC(=O)N(C)C)NC(=O)NSC(C)(C)C. The Morgan fingerprint density at radius 1 is 1.29 bits per heavy atom. The zero-order valence-electron chi connectivity index (χ0n) is 13.6. The third-order valence-electron chi connectivity index (χ3n) is 1.99. The summed E-state index contributed by atoms with van der Waals surface area (Å²) < 4.78 is 7.84. The Balaban J connectivity index is 4.58. The lowest BCUT2D eigenvalue weighted by atomic mass is 10.3. The molecule has 0 rings (SSSR count). The second-order valence-corrected chi connectivity index (χ2v) is 7.20. The van der Waals surface area contributed by atoms with Gasteiger partial charge >= 0.3 is 18.1 Å². The van der Waals surface area contributed by atoms with E-state index in [0.717, 1.165) is 12.8 Å². The van der Waals surface area contributed by atoms with E-state index in [2.05, 4.69) is 15.0 Å². The largest absolute Gasteiger partial charge is 0.465 e. The number of unbranched alkanes of at least 4 members (excludes halogenated alkanes) is 1. The van der Waals surface area contributed by atoms with Gasteiger partial charge < -0.3 is 9.64 Å². The maximum atomic E-state index is 11.8. The molecule has 21 heavy (non-hydrogen) atoms. The average Bonchev–Trinajstić information content (AvgIpc) is 2.35. The molecule has 0 atom stereocenters. The molecule has 0 saturated heterocycles. The highest BCUT2D eigenvalue weighted by atomic mass is 32.2. The van der Waals surface area contributed by atoms with Gasteiger partial charge in [0.1, 0.15) is 0 Å². The Kier molecular flexibility index (Phi) is 8.84. The predicted molar refractivity (Wildman–Crippen MR) is 86.4 cm³/mol. The van der Waals surface area contributed by atoms with Crippen molar-refractivity contribution < 1.29 is 14.3 Å². The van der Waals surface area contributed by atoms with Crippen LogP contribution in [0.15, 0.2) is 4.99 Å². The van der Waals surface area contributed by atoms with Gasteiger partial charge in [0, 0.05) is 18.8 Å². The van der Waals surface area contributed by atoms with Crippen molar-refractivity contribution in [1.82, 2.24) is 14.9 Å². The van der Waals surface area contributed by atoms with Gasteiger partial charge in [0.05, 0.1) is 6.61 Å². The fraction of sp³-hybridized carbons (Fsp3) is 0.769. The molecule has 2 N–H and O–H groups in total. The number of nitrogens with zero attached hydrogens (tertiary/aromatic N) is 2. The second-order valence-electron chi connectivity index (χ2n) is 5.57. The fourth-order valence-electron chi connectivity index (χ4n) is 0.918. The monoisotopic (exact) mass is 318 g/mol. The molecule has 0 aromatic heterocycles. The van der Waals surface area contributed by atoms with Gasteiger partial charge in [0.15, 0.2) is 0 Å². The minimum absolute atomic E-state index is 0.0887. The van der Waals surface area contributed by atoms with Crippen molar-refractivity contribution in [3.8, 4) is 0 Å². The first-order chi connectivity index (χ1) is 9.65. The van der Waals surface area contributed by atoms with Crippen molar-refractivity contribution in [1.29, 1.82) is 0 Å². The van der Waals surface area contributed by atoms with E-state index in [0.29, 0.717) is 6.61 Å². The minimum Gasteiger partial charge on any atom is -0.465 e. The van der Waals surface area contributed by atoms with Crippen molar-refractivity contribution in [2.24, 2.45) is 4.99 Å². The van der Waals surface area contributed by atoms with Gasteiger partial charge in [-0.25, -0.2) is 9.59 Å². The summed E-state index contributed by atoms with van der Waals surface area (Å²) in [6, 6.07) is -1.06. The van der Waals surface area contributed by atoms with Crippen LogP contribution < -0.4 is 10.0 Å². The molecule has 0 spiro atoms. The fourth-order valence-corrected chi connectivity index (χ4v) is 1.37. The summed E-state index contributed by atoms with van der Waals surface area (Å²) in [4.78, 5) is 28.4. The number of amidine groups is 1. The molecule has 0 fully saturated rings.